The molecule has 0 heterocycles. The molecule has 0 aliphatic rings. The van der Waals surface area contributed by atoms with Crippen molar-refractivity contribution in [2.45, 2.75) is 13.8 Å². The van der Waals surface area contributed by atoms with Crippen LogP contribution >= 0.6 is 24.2 Å². The number of thiocarbonyl (C=S) groups is 1. The smallest absolute Gasteiger partial charge is 0.217 e. The Labute approximate surface area is 76.7 Å². The summed E-state index contributed by atoms with van der Waals surface area (Å²) in [6.45, 7) is 5.81. The normalized spacial score (nSPS) is 8.91. The molecule has 0 radical (unpaired) electrons. The highest BCUT2D eigenvalue weighted by Crippen LogP contribution is 2.03. The zero-order valence-electron chi connectivity index (χ0n) is 6.66. The van der Waals surface area contributed by atoms with Gasteiger partial charge >= 0.3 is 0 Å². The zero-order chi connectivity index (χ0) is 8.69. The molecule has 11 heavy (non-hydrogen) atoms. The van der Waals surface area contributed by atoms with Gasteiger partial charge in [0.25, 0.3) is 0 Å². The van der Waals surface area contributed by atoms with E-state index in [9.17, 15) is 4.79 Å². The summed E-state index contributed by atoms with van der Waals surface area (Å²) in [6, 6.07) is 0. The highest BCUT2D eigenvalue weighted by molar-refractivity contribution is 8.21. The van der Waals surface area contributed by atoms with E-state index in [0.29, 0.717) is 10.7 Å². The Hall–Kier alpha value is -0.290. The van der Waals surface area contributed by atoms with Crippen molar-refractivity contribution < 1.29 is 4.79 Å². The lowest BCUT2D eigenvalue weighted by Gasteiger charge is -2.19. The largest absolute Gasteiger partial charge is 0.357 e. The minimum atomic E-state index is 0.625. The third-order valence-electron chi connectivity index (χ3n) is 1.22. The molecule has 0 bridgehead atoms. The van der Waals surface area contributed by atoms with E-state index in [0.717, 1.165) is 13.1 Å². The molecule has 0 rings (SSSR count). The molecule has 0 unspecified atom stereocenters. The summed E-state index contributed by atoms with van der Waals surface area (Å²) < 4.78 is 3.16. The number of rotatable bonds is 4. The molecule has 64 valence electrons. The molecule has 0 aliphatic heterocycles. The maximum Gasteiger partial charge on any atom is 0.217 e. The van der Waals surface area contributed by atoms with Crippen molar-refractivity contribution in [3.63, 3.8) is 0 Å². The molecular formula is C6H12N2OS2. The van der Waals surface area contributed by atoms with Gasteiger partial charge < -0.3 is 4.90 Å². The van der Waals surface area contributed by atoms with Crippen LogP contribution in [0.2, 0.25) is 0 Å². The predicted octanol–water partition coefficient (Wildman–Crippen LogP) is 1.01. The van der Waals surface area contributed by atoms with Gasteiger partial charge in [-0.25, -0.2) is 0 Å². The summed E-state index contributed by atoms with van der Waals surface area (Å²) in [5, 5.41) is 0. The van der Waals surface area contributed by atoms with Crippen LogP contribution in [0.25, 0.3) is 0 Å². The van der Waals surface area contributed by atoms with Gasteiger partial charge in [0.2, 0.25) is 6.41 Å². The first kappa shape index (κ1) is 10.7. The highest BCUT2D eigenvalue weighted by atomic mass is 32.2. The van der Waals surface area contributed by atoms with Gasteiger partial charge in [0, 0.05) is 25.0 Å². The second-order valence-electron chi connectivity index (χ2n) is 1.78. The number of hydrogen-bond donors (Lipinski definition) is 1. The van der Waals surface area contributed by atoms with Gasteiger partial charge in [-0.15, -0.1) is 0 Å². The van der Waals surface area contributed by atoms with Gasteiger partial charge in [-0.2, -0.15) is 0 Å². The van der Waals surface area contributed by atoms with Gasteiger partial charge in [0.05, 0.1) is 0 Å². The molecule has 0 aromatic carbocycles. The van der Waals surface area contributed by atoms with Crippen LogP contribution in [0.5, 0.6) is 0 Å². The third kappa shape index (κ3) is 4.21. The Kier molecular flexibility index (Phi) is 6.25. The molecule has 0 saturated heterocycles. The Morgan fingerprint density at radius 1 is 1.64 bits per heavy atom. The summed E-state index contributed by atoms with van der Waals surface area (Å²) in [6.07, 6.45) is 0.625. The summed E-state index contributed by atoms with van der Waals surface area (Å²) in [5.41, 5.74) is 0. The van der Waals surface area contributed by atoms with Crippen molar-refractivity contribution >= 4 is 34.9 Å². The Bertz CT molecular complexity index is 137. The fraction of sp³-hybridized carbons (Fsp3) is 0.667. The summed E-state index contributed by atoms with van der Waals surface area (Å²) in [7, 11) is 0. The molecule has 0 saturated carbocycles. The van der Waals surface area contributed by atoms with E-state index in [1.807, 2.05) is 18.7 Å². The molecule has 5 heteroatoms. The van der Waals surface area contributed by atoms with E-state index in [2.05, 4.69) is 4.72 Å². The molecule has 0 atom stereocenters. The van der Waals surface area contributed by atoms with Gasteiger partial charge in [0.15, 0.2) is 4.32 Å². The van der Waals surface area contributed by atoms with Crippen molar-refractivity contribution in [3.8, 4) is 0 Å². The Morgan fingerprint density at radius 3 is 2.55 bits per heavy atom. The number of nitrogens with zero attached hydrogens (tertiary/aromatic N) is 1. The van der Waals surface area contributed by atoms with Gasteiger partial charge in [-0.05, 0) is 13.8 Å². The van der Waals surface area contributed by atoms with E-state index in [-0.39, 0.29) is 0 Å². The lowest BCUT2D eigenvalue weighted by Crippen LogP contribution is -2.28. The molecule has 0 aromatic rings. The average Bonchev–Trinajstić information content (AvgIpc) is 2.03. The number of carbonyl (C=O) groups is 1. The Balaban J connectivity index is 3.69. The van der Waals surface area contributed by atoms with Crippen LogP contribution in [0.15, 0.2) is 0 Å². The Morgan fingerprint density at radius 2 is 2.18 bits per heavy atom. The van der Waals surface area contributed by atoms with Crippen molar-refractivity contribution in [1.29, 1.82) is 0 Å². The van der Waals surface area contributed by atoms with Gasteiger partial charge in [-0.1, -0.05) is 12.2 Å². The van der Waals surface area contributed by atoms with Crippen LogP contribution in [0, 0.1) is 0 Å². The number of amides is 1. The van der Waals surface area contributed by atoms with Crippen LogP contribution < -0.4 is 4.72 Å². The van der Waals surface area contributed by atoms with Gasteiger partial charge in [-0.3, -0.25) is 9.52 Å². The minimum absolute atomic E-state index is 0.625. The molecular weight excluding hydrogens is 180 g/mol. The second kappa shape index (κ2) is 6.42. The maximum absolute atomic E-state index is 9.90. The van der Waals surface area contributed by atoms with E-state index in [4.69, 9.17) is 12.2 Å². The summed E-state index contributed by atoms with van der Waals surface area (Å²) >= 11 is 6.18. The van der Waals surface area contributed by atoms with E-state index < -0.39 is 0 Å². The summed E-state index contributed by atoms with van der Waals surface area (Å²) in [5.74, 6) is 0. The summed E-state index contributed by atoms with van der Waals surface area (Å²) in [4.78, 5) is 11.9. The van der Waals surface area contributed by atoms with Crippen LogP contribution in [0.1, 0.15) is 13.8 Å². The number of nitrogens with one attached hydrogen (secondary N) is 1. The first-order chi connectivity index (χ1) is 5.26. The zero-order valence-corrected chi connectivity index (χ0v) is 8.30. The van der Waals surface area contributed by atoms with E-state index in [1.165, 1.54) is 11.9 Å². The fourth-order valence-electron chi connectivity index (χ4n) is 0.621. The topological polar surface area (TPSA) is 32.3 Å². The fourth-order valence-corrected chi connectivity index (χ4v) is 1.56. The lowest BCUT2D eigenvalue weighted by molar-refractivity contribution is -0.107. The average molecular weight is 192 g/mol. The van der Waals surface area contributed by atoms with Crippen molar-refractivity contribution in [1.82, 2.24) is 9.62 Å². The van der Waals surface area contributed by atoms with Crippen LogP contribution in [0.3, 0.4) is 0 Å². The predicted molar refractivity (Wildman–Crippen MR) is 52.3 cm³/mol. The number of carbonyl (C=O) groups excluding carboxylic acids is 1. The van der Waals surface area contributed by atoms with Gasteiger partial charge in [0.1, 0.15) is 0 Å². The van der Waals surface area contributed by atoms with Crippen LogP contribution in [-0.2, 0) is 4.79 Å². The van der Waals surface area contributed by atoms with Crippen LogP contribution in [-0.4, -0.2) is 28.7 Å². The van der Waals surface area contributed by atoms with Crippen molar-refractivity contribution in [2.24, 2.45) is 0 Å². The first-order valence-electron chi connectivity index (χ1n) is 3.41. The van der Waals surface area contributed by atoms with Crippen molar-refractivity contribution in [2.75, 3.05) is 13.1 Å². The molecule has 0 aromatic heterocycles. The molecule has 0 spiro atoms. The maximum atomic E-state index is 9.90. The van der Waals surface area contributed by atoms with Crippen molar-refractivity contribution in [3.05, 3.63) is 0 Å². The molecule has 1 amide bonds. The van der Waals surface area contributed by atoms with E-state index >= 15 is 0 Å². The molecule has 0 fully saturated rings. The van der Waals surface area contributed by atoms with Crippen LogP contribution in [0.4, 0.5) is 0 Å². The SMILES string of the molecule is CCN(CC)C(=S)SNC=O. The lowest BCUT2D eigenvalue weighted by atomic mass is 10.6. The third-order valence-corrected chi connectivity index (χ3v) is 2.37. The quantitative estimate of drug-likeness (QED) is 0.409. The number of hydrogen-bond acceptors (Lipinski definition) is 3. The highest BCUT2D eigenvalue weighted by Gasteiger charge is 2.03. The standard InChI is InChI=1S/C6H12N2OS2/c1-3-8(4-2)6(10)11-7-5-9/h5H,3-4H2,1-2H3,(H,7,9). The molecule has 0 aliphatic carbocycles. The monoisotopic (exact) mass is 192 g/mol. The minimum Gasteiger partial charge on any atom is -0.357 e. The second-order valence-corrected chi connectivity index (χ2v) is 3.25. The molecule has 1 N–H and O–H groups in total. The molecule has 3 nitrogen and oxygen atoms in total. The van der Waals surface area contributed by atoms with E-state index in [1.54, 1.807) is 0 Å². The first-order valence-corrected chi connectivity index (χ1v) is 4.63.